The Bertz CT molecular complexity index is 1020. The first-order chi connectivity index (χ1) is 12.4. The first kappa shape index (κ1) is 18.0. The molecule has 0 bridgehead atoms. The van der Waals surface area contributed by atoms with Crippen molar-refractivity contribution in [1.29, 1.82) is 0 Å². The number of ether oxygens (including phenoxy) is 2. The van der Waals surface area contributed by atoms with Crippen LogP contribution in [0.3, 0.4) is 0 Å². The first-order valence-corrected chi connectivity index (χ1v) is 8.12. The standard InChI is InChI=1S/C17H11BrF2N2O4/c18-10-5-6-14-21-11(7-15(23)22(14)8-10)9-25-16(24)12-3-1-2-4-13(12)26-17(19)20/h1-8,17H,9H2. The summed E-state index contributed by atoms with van der Waals surface area (Å²) in [5.41, 5.74) is 0.129. The largest absolute Gasteiger partial charge is 0.455 e. The molecule has 0 radical (unpaired) electrons. The molecule has 26 heavy (non-hydrogen) atoms. The van der Waals surface area contributed by atoms with Gasteiger partial charge in [-0.2, -0.15) is 8.78 Å². The number of pyridine rings is 1. The van der Waals surface area contributed by atoms with Gasteiger partial charge >= 0.3 is 12.6 Å². The van der Waals surface area contributed by atoms with Gasteiger partial charge < -0.3 is 9.47 Å². The van der Waals surface area contributed by atoms with Gasteiger partial charge in [0.05, 0.1) is 5.69 Å². The van der Waals surface area contributed by atoms with Gasteiger partial charge in [-0.25, -0.2) is 9.78 Å². The molecule has 2 aromatic heterocycles. The van der Waals surface area contributed by atoms with Crippen molar-refractivity contribution in [2.24, 2.45) is 0 Å². The Morgan fingerprint density at radius 3 is 2.77 bits per heavy atom. The third-order valence-electron chi connectivity index (χ3n) is 3.35. The van der Waals surface area contributed by atoms with Crippen molar-refractivity contribution in [2.75, 3.05) is 0 Å². The third kappa shape index (κ3) is 4.05. The number of hydrogen-bond acceptors (Lipinski definition) is 5. The zero-order valence-electron chi connectivity index (χ0n) is 13.1. The number of benzene rings is 1. The van der Waals surface area contributed by atoms with Crippen molar-refractivity contribution < 1.29 is 23.0 Å². The number of para-hydroxylation sites is 1. The summed E-state index contributed by atoms with van der Waals surface area (Å²) in [6, 6.07) is 10.1. The normalized spacial score (nSPS) is 10.9. The summed E-state index contributed by atoms with van der Waals surface area (Å²) in [6.45, 7) is -3.35. The molecule has 0 N–H and O–H groups in total. The van der Waals surface area contributed by atoms with E-state index in [9.17, 15) is 18.4 Å². The minimum atomic E-state index is -3.06. The molecule has 0 saturated carbocycles. The summed E-state index contributed by atoms with van der Waals surface area (Å²) in [5, 5.41) is 0. The summed E-state index contributed by atoms with van der Waals surface area (Å²) in [7, 11) is 0. The van der Waals surface area contributed by atoms with E-state index in [1.54, 1.807) is 18.3 Å². The van der Waals surface area contributed by atoms with Gasteiger partial charge in [-0.15, -0.1) is 0 Å². The van der Waals surface area contributed by atoms with Crippen LogP contribution in [0.5, 0.6) is 5.75 Å². The second-order valence-electron chi connectivity index (χ2n) is 5.11. The van der Waals surface area contributed by atoms with E-state index in [1.165, 1.54) is 34.7 Å². The maximum absolute atomic E-state index is 12.4. The highest BCUT2D eigenvalue weighted by Crippen LogP contribution is 2.21. The molecule has 9 heteroatoms. The van der Waals surface area contributed by atoms with E-state index in [1.807, 2.05) is 0 Å². The Kier molecular flexibility index (Phi) is 5.27. The van der Waals surface area contributed by atoms with E-state index in [4.69, 9.17) is 4.74 Å². The molecule has 0 fully saturated rings. The quantitative estimate of drug-likeness (QED) is 0.587. The van der Waals surface area contributed by atoms with Gasteiger partial charge in [-0.1, -0.05) is 12.1 Å². The number of rotatable bonds is 5. The van der Waals surface area contributed by atoms with Crippen LogP contribution in [-0.4, -0.2) is 22.0 Å². The van der Waals surface area contributed by atoms with Crippen molar-refractivity contribution in [1.82, 2.24) is 9.38 Å². The molecule has 134 valence electrons. The second kappa shape index (κ2) is 7.61. The minimum Gasteiger partial charge on any atom is -0.455 e. The van der Waals surface area contributed by atoms with Crippen molar-refractivity contribution in [3.8, 4) is 5.75 Å². The molecule has 0 saturated heterocycles. The maximum Gasteiger partial charge on any atom is 0.387 e. The third-order valence-corrected chi connectivity index (χ3v) is 3.82. The molecular formula is C17H11BrF2N2O4. The smallest absolute Gasteiger partial charge is 0.387 e. The molecule has 3 rings (SSSR count). The van der Waals surface area contributed by atoms with E-state index in [0.29, 0.717) is 10.1 Å². The van der Waals surface area contributed by atoms with Crippen molar-refractivity contribution in [3.63, 3.8) is 0 Å². The predicted octanol–water partition coefficient (Wildman–Crippen LogP) is 3.42. The lowest BCUT2D eigenvalue weighted by atomic mass is 10.2. The van der Waals surface area contributed by atoms with Gasteiger partial charge in [0.2, 0.25) is 0 Å². The number of alkyl halides is 2. The number of hydrogen-bond donors (Lipinski definition) is 0. The molecule has 2 heterocycles. The van der Waals surface area contributed by atoms with Gasteiger partial charge in [-0.05, 0) is 40.2 Å². The Hall–Kier alpha value is -2.81. The molecule has 1 aromatic carbocycles. The molecule has 0 aliphatic carbocycles. The van der Waals surface area contributed by atoms with E-state index in [2.05, 4.69) is 25.7 Å². The Labute approximate surface area is 154 Å². The number of carbonyl (C=O) groups excluding carboxylic acids is 1. The fourth-order valence-electron chi connectivity index (χ4n) is 2.25. The minimum absolute atomic E-state index is 0.144. The number of fused-ring (bicyclic) bond motifs is 1. The molecule has 3 aromatic rings. The lowest BCUT2D eigenvalue weighted by Crippen LogP contribution is -2.17. The summed E-state index contributed by atoms with van der Waals surface area (Å²) >= 11 is 3.26. The Morgan fingerprint density at radius 2 is 2.00 bits per heavy atom. The first-order valence-electron chi connectivity index (χ1n) is 7.33. The summed E-state index contributed by atoms with van der Waals surface area (Å²) in [6.07, 6.45) is 1.57. The average Bonchev–Trinajstić information content (AvgIpc) is 2.60. The lowest BCUT2D eigenvalue weighted by Gasteiger charge is -2.10. The van der Waals surface area contributed by atoms with Crippen molar-refractivity contribution >= 4 is 27.5 Å². The summed E-state index contributed by atoms with van der Waals surface area (Å²) in [4.78, 5) is 28.5. The second-order valence-corrected chi connectivity index (χ2v) is 6.03. The average molecular weight is 425 g/mol. The summed E-state index contributed by atoms with van der Waals surface area (Å²) < 4.78 is 36.2. The molecular weight excluding hydrogens is 414 g/mol. The molecule has 0 aliphatic heterocycles. The molecule has 0 unspecified atom stereocenters. The van der Waals surface area contributed by atoms with Gasteiger partial charge in [0, 0.05) is 16.7 Å². The SMILES string of the molecule is O=C(OCc1cc(=O)n2cc(Br)ccc2n1)c1ccccc1OC(F)F. The van der Waals surface area contributed by atoms with Crippen LogP contribution in [0, 0.1) is 0 Å². The van der Waals surface area contributed by atoms with Crippen LogP contribution in [0.1, 0.15) is 16.1 Å². The van der Waals surface area contributed by atoms with Gasteiger partial charge in [0.15, 0.2) is 0 Å². The fourth-order valence-corrected chi connectivity index (χ4v) is 2.59. The van der Waals surface area contributed by atoms with Gasteiger partial charge in [-0.3, -0.25) is 9.20 Å². The number of carbonyl (C=O) groups is 1. The van der Waals surface area contributed by atoms with Crippen LogP contribution < -0.4 is 10.3 Å². The van der Waals surface area contributed by atoms with Crippen LogP contribution in [0.15, 0.2) is 57.9 Å². The molecule has 0 atom stereocenters. The van der Waals surface area contributed by atoms with Crippen molar-refractivity contribution in [3.05, 3.63) is 74.7 Å². The highest BCUT2D eigenvalue weighted by molar-refractivity contribution is 9.10. The highest BCUT2D eigenvalue weighted by Gasteiger charge is 2.17. The highest BCUT2D eigenvalue weighted by atomic mass is 79.9. The topological polar surface area (TPSA) is 69.9 Å². The zero-order valence-corrected chi connectivity index (χ0v) is 14.7. The van der Waals surface area contributed by atoms with Crippen LogP contribution in [-0.2, 0) is 11.3 Å². The van der Waals surface area contributed by atoms with Crippen LogP contribution in [0.2, 0.25) is 0 Å². The molecule has 6 nitrogen and oxygen atoms in total. The van der Waals surface area contributed by atoms with Gasteiger partial charge in [0.25, 0.3) is 5.56 Å². The number of nitrogens with zero attached hydrogens (tertiary/aromatic N) is 2. The van der Waals surface area contributed by atoms with E-state index in [0.717, 1.165) is 0 Å². The number of aromatic nitrogens is 2. The predicted molar refractivity (Wildman–Crippen MR) is 91.4 cm³/mol. The zero-order chi connectivity index (χ0) is 18.7. The van der Waals surface area contributed by atoms with Crippen LogP contribution >= 0.6 is 15.9 Å². The monoisotopic (exact) mass is 424 g/mol. The van der Waals surface area contributed by atoms with Crippen molar-refractivity contribution in [2.45, 2.75) is 13.2 Å². The lowest BCUT2D eigenvalue weighted by molar-refractivity contribution is -0.0505. The molecule has 0 aliphatic rings. The van der Waals surface area contributed by atoms with Crippen LogP contribution in [0.25, 0.3) is 5.65 Å². The Balaban J connectivity index is 1.79. The van der Waals surface area contributed by atoms with E-state index >= 15 is 0 Å². The maximum atomic E-state index is 12.4. The van der Waals surface area contributed by atoms with E-state index in [-0.39, 0.29) is 29.2 Å². The molecule has 0 spiro atoms. The molecule has 0 amide bonds. The Morgan fingerprint density at radius 1 is 1.23 bits per heavy atom. The number of halogens is 3. The summed E-state index contributed by atoms with van der Waals surface area (Å²) in [5.74, 6) is -1.15. The number of esters is 1. The fraction of sp³-hybridized carbons (Fsp3) is 0.118. The van der Waals surface area contributed by atoms with Crippen LogP contribution in [0.4, 0.5) is 8.78 Å². The van der Waals surface area contributed by atoms with E-state index < -0.39 is 12.6 Å². The van der Waals surface area contributed by atoms with Gasteiger partial charge in [0.1, 0.15) is 23.6 Å².